The van der Waals surface area contributed by atoms with Crippen LogP contribution in [0.3, 0.4) is 0 Å². The Hall–Kier alpha value is -2.73. The first-order valence-corrected chi connectivity index (χ1v) is 7.85. The van der Waals surface area contributed by atoms with Crippen LogP contribution < -0.4 is 5.32 Å². The monoisotopic (exact) mass is 361 g/mol. The minimum atomic E-state index is -0.845. The van der Waals surface area contributed by atoms with E-state index in [-0.39, 0.29) is 5.69 Å². The van der Waals surface area contributed by atoms with E-state index >= 15 is 0 Å². The summed E-state index contributed by atoms with van der Waals surface area (Å²) in [7, 11) is 0. The summed E-state index contributed by atoms with van der Waals surface area (Å²) < 4.78 is 28.8. The van der Waals surface area contributed by atoms with E-state index in [4.69, 9.17) is 11.6 Å². The molecule has 0 bridgehead atoms. The lowest BCUT2D eigenvalue weighted by Gasteiger charge is -2.07. The molecular weight excluding hydrogens is 348 g/mol. The molecule has 0 aliphatic carbocycles. The topological polar surface area (TPSA) is 46.9 Å². The van der Waals surface area contributed by atoms with Gasteiger partial charge in [-0.15, -0.1) is 0 Å². The smallest absolute Gasteiger partial charge is 0.276 e. The molecule has 1 aromatic heterocycles. The van der Waals surface area contributed by atoms with Crippen molar-refractivity contribution in [3.63, 3.8) is 0 Å². The molecule has 0 aliphatic heterocycles. The number of amides is 1. The van der Waals surface area contributed by atoms with E-state index in [1.807, 2.05) is 19.1 Å². The van der Waals surface area contributed by atoms with Crippen molar-refractivity contribution in [3.8, 4) is 0 Å². The molecule has 0 atom stereocenters. The van der Waals surface area contributed by atoms with Gasteiger partial charge in [0, 0.05) is 11.2 Å². The number of nitrogens with zero attached hydrogens (tertiary/aromatic N) is 2. The van der Waals surface area contributed by atoms with Crippen LogP contribution in [-0.2, 0) is 6.54 Å². The molecule has 7 heteroatoms. The Labute approximate surface area is 148 Å². The lowest BCUT2D eigenvalue weighted by molar-refractivity contribution is 0.102. The maximum atomic E-state index is 13.6. The van der Waals surface area contributed by atoms with E-state index < -0.39 is 23.2 Å². The number of anilines is 1. The van der Waals surface area contributed by atoms with E-state index in [0.29, 0.717) is 11.6 Å². The van der Waals surface area contributed by atoms with Crippen LogP contribution in [0.1, 0.15) is 21.6 Å². The Kier molecular flexibility index (Phi) is 4.81. The van der Waals surface area contributed by atoms with Crippen molar-refractivity contribution in [2.75, 3.05) is 5.32 Å². The van der Waals surface area contributed by atoms with Gasteiger partial charge in [0.15, 0.2) is 5.69 Å². The number of hydrogen-bond acceptors (Lipinski definition) is 2. The van der Waals surface area contributed by atoms with Gasteiger partial charge in [-0.3, -0.25) is 9.48 Å². The van der Waals surface area contributed by atoms with Crippen LogP contribution in [0.25, 0.3) is 0 Å². The fourth-order valence-electron chi connectivity index (χ4n) is 2.35. The average Bonchev–Trinajstić information content (AvgIpc) is 3.03. The van der Waals surface area contributed by atoms with Crippen LogP contribution in [0.5, 0.6) is 0 Å². The first kappa shape index (κ1) is 17.1. The molecule has 3 rings (SSSR count). The predicted molar refractivity (Wildman–Crippen MR) is 91.8 cm³/mol. The van der Waals surface area contributed by atoms with Crippen molar-refractivity contribution in [2.24, 2.45) is 0 Å². The zero-order valence-electron chi connectivity index (χ0n) is 13.3. The molecule has 0 fully saturated rings. The maximum Gasteiger partial charge on any atom is 0.276 e. The number of carbonyl (C=O) groups excluding carboxylic acids is 1. The standard InChI is InChI=1S/C18H14ClF2N3O/c1-11-5-6-13(19)9-12(11)10-24-8-7-16(23-24)18(25)22-17-14(20)3-2-4-15(17)21/h2-9H,10H2,1H3,(H,22,25). The number of benzene rings is 2. The van der Waals surface area contributed by atoms with Crippen molar-refractivity contribution >= 4 is 23.2 Å². The van der Waals surface area contributed by atoms with Crippen molar-refractivity contribution in [3.05, 3.63) is 82.1 Å². The second kappa shape index (κ2) is 7.03. The Morgan fingerprint density at radius 2 is 1.92 bits per heavy atom. The van der Waals surface area contributed by atoms with Gasteiger partial charge in [0.05, 0.1) is 6.54 Å². The first-order valence-electron chi connectivity index (χ1n) is 7.48. The lowest BCUT2D eigenvalue weighted by Crippen LogP contribution is -2.15. The van der Waals surface area contributed by atoms with Gasteiger partial charge in [0.25, 0.3) is 5.91 Å². The second-order valence-corrected chi connectivity index (χ2v) is 5.96. The maximum absolute atomic E-state index is 13.6. The second-order valence-electron chi connectivity index (χ2n) is 5.52. The molecule has 0 saturated carbocycles. The Bertz CT molecular complexity index is 920. The Balaban J connectivity index is 1.77. The fraction of sp³-hybridized carbons (Fsp3) is 0.111. The number of carbonyl (C=O) groups is 1. The van der Waals surface area contributed by atoms with Gasteiger partial charge in [-0.2, -0.15) is 5.10 Å². The highest BCUT2D eigenvalue weighted by Gasteiger charge is 2.15. The summed E-state index contributed by atoms with van der Waals surface area (Å²) in [5, 5.41) is 6.97. The third-order valence-corrected chi connectivity index (χ3v) is 3.95. The molecule has 0 spiro atoms. The minimum absolute atomic E-state index is 0.0577. The highest BCUT2D eigenvalue weighted by atomic mass is 35.5. The van der Waals surface area contributed by atoms with Crippen molar-refractivity contribution in [1.29, 1.82) is 0 Å². The Morgan fingerprint density at radius 3 is 2.64 bits per heavy atom. The molecular formula is C18H14ClF2N3O. The lowest BCUT2D eigenvalue weighted by atomic mass is 10.1. The summed E-state index contributed by atoms with van der Waals surface area (Å²) in [5.41, 5.74) is 1.57. The third-order valence-electron chi connectivity index (χ3n) is 3.72. The van der Waals surface area contributed by atoms with E-state index in [9.17, 15) is 13.6 Å². The summed E-state index contributed by atoms with van der Waals surface area (Å²) in [4.78, 5) is 12.2. The van der Waals surface area contributed by atoms with Crippen LogP contribution in [0, 0.1) is 18.6 Å². The van der Waals surface area contributed by atoms with Gasteiger partial charge in [0.2, 0.25) is 0 Å². The van der Waals surface area contributed by atoms with Crippen LogP contribution in [0.2, 0.25) is 5.02 Å². The number of para-hydroxylation sites is 1. The van der Waals surface area contributed by atoms with Gasteiger partial charge >= 0.3 is 0 Å². The molecule has 128 valence electrons. The molecule has 0 saturated heterocycles. The number of rotatable bonds is 4. The van der Waals surface area contributed by atoms with Crippen LogP contribution in [0.4, 0.5) is 14.5 Å². The van der Waals surface area contributed by atoms with Crippen molar-refractivity contribution in [2.45, 2.75) is 13.5 Å². The van der Waals surface area contributed by atoms with Crippen molar-refractivity contribution < 1.29 is 13.6 Å². The molecule has 3 aromatic rings. The van der Waals surface area contributed by atoms with Crippen LogP contribution in [0.15, 0.2) is 48.7 Å². The summed E-state index contributed by atoms with van der Waals surface area (Å²) in [6, 6.07) is 10.4. The minimum Gasteiger partial charge on any atom is -0.316 e. The molecule has 25 heavy (non-hydrogen) atoms. The molecule has 1 amide bonds. The van der Waals surface area contributed by atoms with Gasteiger partial charge < -0.3 is 5.32 Å². The fourth-order valence-corrected chi connectivity index (χ4v) is 2.55. The SMILES string of the molecule is Cc1ccc(Cl)cc1Cn1ccc(C(=O)Nc2c(F)cccc2F)n1. The molecule has 0 aliphatic rings. The van der Waals surface area contributed by atoms with E-state index in [1.54, 1.807) is 16.9 Å². The molecule has 2 aromatic carbocycles. The van der Waals surface area contributed by atoms with Crippen LogP contribution in [-0.4, -0.2) is 15.7 Å². The quantitative estimate of drug-likeness (QED) is 0.747. The van der Waals surface area contributed by atoms with Crippen LogP contribution >= 0.6 is 11.6 Å². The number of aromatic nitrogens is 2. The first-order chi connectivity index (χ1) is 11.9. The third kappa shape index (κ3) is 3.85. The highest BCUT2D eigenvalue weighted by molar-refractivity contribution is 6.30. The number of hydrogen-bond donors (Lipinski definition) is 1. The largest absolute Gasteiger partial charge is 0.316 e. The molecule has 1 N–H and O–H groups in total. The average molecular weight is 362 g/mol. The van der Waals surface area contributed by atoms with E-state index in [1.165, 1.54) is 12.1 Å². The molecule has 0 unspecified atom stereocenters. The summed E-state index contributed by atoms with van der Waals surface area (Å²) in [5.74, 6) is -2.38. The number of halogens is 3. The zero-order valence-corrected chi connectivity index (χ0v) is 14.0. The van der Waals surface area contributed by atoms with Crippen molar-refractivity contribution in [1.82, 2.24) is 9.78 Å². The summed E-state index contributed by atoms with van der Waals surface area (Å²) >= 11 is 5.99. The Morgan fingerprint density at radius 1 is 1.20 bits per heavy atom. The molecule has 4 nitrogen and oxygen atoms in total. The molecule has 1 heterocycles. The van der Waals surface area contributed by atoms with E-state index in [0.717, 1.165) is 23.3 Å². The van der Waals surface area contributed by atoms with Gasteiger partial charge in [0.1, 0.15) is 17.3 Å². The highest BCUT2D eigenvalue weighted by Crippen LogP contribution is 2.19. The number of aryl methyl sites for hydroxylation is 1. The summed E-state index contributed by atoms with van der Waals surface area (Å²) in [6.45, 7) is 2.37. The summed E-state index contributed by atoms with van der Waals surface area (Å²) in [6.07, 6.45) is 1.62. The van der Waals surface area contributed by atoms with E-state index in [2.05, 4.69) is 10.4 Å². The van der Waals surface area contributed by atoms with Gasteiger partial charge in [-0.1, -0.05) is 23.7 Å². The van der Waals surface area contributed by atoms with Gasteiger partial charge in [-0.05, 0) is 48.4 Å². The molecule has 0 radical (unpaired) electrons. The van der Waals surface area contributed by atoms with Gasteiger partial charge in [-0.25, -0.2) is 8.78 Å². The number of nitrogens with one attached hydrogen (secondary N) is 1. The normalized spacial score (nSPS) is 10.7. The predicted octanol–water partition coefficient (Wildman–Crippen LogP) is 4.42. The zero-order chi connectivity index (χ0) is 18.0.